The highest BCUT2D eigenvalue weighted by Gasteiger charge is 2.32. The van der Waals surface area contributed by atoms with Gasteiger partial charge in [-0.2, -0.15) is 0 Å². The number of aliphatic carboxylic acids is 1. The molecule has 0 aromatic rings. The molecule has 0 aromatic heterocycles. The molecule has 0 aliphatic rings. The molecule has 9 N–H and O–H groups in total. The number of rotatable bonds is 12. The van der Waals surface area contributed by atoms with Gasteiger partial charge < -0.3 is 37.6 Å². The average Bonchev–Trinajstić information content (AvgIpc) is 2.58. The number of amides is 4. The highest BCUT2D eigenvalue weighted by Crippen LogP contribution is 2.05. The predicted molar refractivity (Wildman–Crippen MR) is 97.4 cm³/mol. The van der Waals surface area contributed by atoms with E-state index in [-0.39, 0.29) is 12.8 Å². The fraction of sp³-hybridized carbons (Fsp3) is 0.688. The first-order valence-electron chi connectivity index (χ1n) is 8.69. The summed E-state index contributed by atoms with van der Waals surface area (Å²) in [4.78, 5) is 58.0. The van der Waals surface area contributed by atoms with Gasteiger partial charge in [0.25, 0.3) is 0 Å². The summed E-state index contributed by atoms with van der Waals surface area (Å²) in [5.41, 5.74) is 10.7. The van der Waals surface area contributed by atoms with Crippen LogP contribution in [-0.2, 0) is 24.0 Å². The van der Waals surface area contributed by atoms with Crippen molar-refractivity contribution in [3.63, 3.8) is 0 Å². The molecule has 0 radical (unpaired) electrons. The van der Waals surface area contributed by atoms with Crippen LogP contribution in [0.3, 0.4) is 0 Å². The summed E-state index contributed by atoms with van der Waals surface area (Å²) >= 11 is 0. The van der Waals surface area contributed by atoms with Gasteiger partial charge in [0.05, 0.1) is 12.1 Å². The molecule has 0 aliphatic heterocycles. The molecular weight excluding hydrogens is 374 g/mol. The normalized spacial score (nSPS) is 15.1. The second-order valence-electron chi connectivity index (χ2n) is 6.68. The van der Waals surface area contributed by atoms with Crippen molar-refractivity contribution in [2.75, 3.05) is 6.54 Å². The number of carboxylic acid groups (broad SMARTS) is 1. The minimum atomic E-state index is -1.42. The molecule has 0 aliphatic carbocycles. The maximum Gasteiger partial charge on any atom is 0.322 e. The SMILES string of the molecule is CC(C)C(NC(=O)C(N)CCC(N)=O)C(=O)NC(C(=O)NCC(=O)O)C(C)O. The van der Waals surface area contributed by atoms with Gasteiger partial charge in [-0.3, -0.25) is 24.0 Å². The fourth-order valence-corrected chi connectivity index (χ4v) is 2.15. The Hall–Kier alpha value is -2.73. The quantitative estimate of drug-likeness (QED) is 0.175. The summed E-state index contributed by atoms with van der Waals surface area (Å²) in [5, 5.41) is 25.1. The van der Waals surface area contributed by atoms with Crippen molar-refractivity contribution < 1.29 is 34.2 Å². The molecule has 0 spiro atoms. The van der Waals surface area contributed by atoms with Crippen LogP contribution in [-0.4, -0.2) is 70.6 Å². The highest BCUT2D eigenvalue weighted by atomic mass is 16.4. The van der Waals surface area contributed by atoms with Crippen LogP contribution < -0.4 is 27.4 Å². The summed E-state index contributed by atoms with van der Waals surface area (Å²) in [6.45, 7) is 3.84. The zero-order valence-corrected chi connectivity index (χ0v) is 16.1. The molecule has 0 heterocycles. The van der Waals surface area contributed by atoms with Crippen molar-refractivity contribution in [3.05, 3.63) is 0 Å². The first-order valence-corrected chi connectivity index (χ1v) is 8.69. The minimum absolute atomic E-state index is 0.00148. The van der Waals surface area contributed by atoms with Crippen LogP contribution in [0.15, 0.2) is 0 Å². The number of carbonyl (C=O) groups excluding carboxylic acids is 4. The van der Waals surface area contributed by atoms with E-state index in [1.807, 2.05) is 0 Å². The van der Waals surface area contributed by atoms with E-state index in [0.29, 0.717) is 0 Å². The van der Waals surface area contributed by atoms with Crippen LogP contribution in [0.25, 0.3) is 0 Å². The van der Waals surface area contributed by atoms with Crippen molar-refractivity contribution in [1.29, 1.82) is 0 Å². The first kappa shape index (κ1) is 25.3. The summed E-state index contributed by atoms with van der Waals surface area (Å²) in [6.07, 6.45) is -1.42. The Kier molecular flexibility index (Phi) is 10.7. The Morgan fingerprint density at radius 1 is 0.929 bits per heavy atom. The van der Waals surface area contributed by atoms with E-state index in [1.54, 1.807) is 13.8 Å². The highest BCUT2D eigenvalue weighted by molar-refractivity contribution is 5.94. The molecule has 4 atom stereocenters. The number of hydrogen-bond acceptors (Lipinski definition) is 7. The van der Waals surface area contributed by atoms with Gasteiger partial charge in [-0.15, -0.1) is 0 Å². The van der Waals surface area contributed by atoms with E-state index in [2.05, 4.69) is 16.0 Å². The maximum atomic E-state index is 12.5. The van der Waals surface area contributed by atoms with Crippen LogP contribution >= 0.6 is 0 Å². The van der Waals surface area contributed by atoms with Gasteiger partial charge in [-0.1, -0.05) is 13.8 Å². The molecule has 4 unspecified atom stereocenters. The number of nitrogens with one attached hydrogen (secondary N) is 3. The molecule has 0 rings (SSSR count). The number of primary amides is 1. The van der Waals surface area contributed by atoms with E-state index in [1.165, 1.54) is 6.92 Å². The lowest BCUT2D eigenvalue weighted by Gasteiger charge is -2.27. The minimum Gasteiger partial charge on any atom is -0.480 e. The summed E-state index contributed by atoms with van der Waals surface area (Å²) < 4.78 is 0. The molecule has 12 nitrogen and oxygen atoms in total. The molecule has 0 aromatic carbocycles. The van der Waals surface area contributed by atoms with Gasteiger partial charge in [0, 0.05) is 6.42 Å². The van der Waals surface area contributed by atoms with E-state index in [9.17, 15) is 29.1 Å². The standard InChI is InChI=1S/C16H29N5O7/c1-7(2)12(20-14(26)9(17)4-5-10(18)23)16(28)21-13(8(3)22)15(27)19-6-11(24)25/h7-9,12-13,22H,4-6,17H2,1-3H3,(H2,18,23)(H,19,27)(H,20,26)(H,21,28)(H,24,25). The zero-order chi connectivity index (χ0) is 22.0. The number of aliphatic hydroxyl groups excluding tert-OH is 1. The Labute approximate surface area is 162 Å². The maximum absolute atomic E-state index is 12.5. The molecule has 0 saturated carbocycles. The number of nitrogens with two attached hydrogens (primary N) is 2. The summed E-state index contributed by atoms with van der Waals surface area (Å²) in [5.74, 6) is -4.64. The van der Waals surface area contributed by atoms with Gasteiger partial charge in [0.2, 0.25) is 23.6 Å². The molecular formula is C16H29N5O7. The number of hydrogen-bond donors (Lipinski definition) is 7. The van der Waals surface area contributed by atoms with Gasteiger partial charge in [0.1, 0.15) is 18.6 Å². The topological polar surface area (TPSA) is 214 Å². The van der Waals surface area contributed by atoms with Crippen molar-refractivity contribution >= 4 is 29.6 Å². The average molecular weight is 403 g/mol. The Balaban J connectivity index is 5.06. The smallest absolute Gasteiger partial charge is 0.322 e. The Morgan fingerprint density at radius 3 is 1.89 bits per heavy atom. The van der Waals surface area contributed by atoms with Gasteiger partial charge in [0.15, 0.2) is 0 Å². The van der Waals surface area contributed by atoms with Gasteiger partial charge in [-0.25, -0.2) is 0 Å². The number of carboxylic acids is 1. The monoisotopic (exact) mass is 403 g/mol. The lowest BCUT2D eigenvalue weighted by molar-refractivity contribution is -0.139. The largest absolute Gasteiger partial charge is 0.480 e. The lowest BCUT2D eigenvalue weighted by Crippen LogP contribution is -2.59. The molecule has 28 heavy (non-hydrogen) atoms. The first-order chi connectivity index (χ1) is 12.9. The summed E-state index contributed by atoms with van der Waals surface area (Å²) in [6, 6.07) is -3.57. The zero-order valence-electron chi connectivity index (χ0n) is 16.1. The molecule has 160 valence electrons. The van der Waals surface area contributed by atoms with Crippen LogP contribution in [0.2, 0.25) is 0 Å². The van der Waals surface area contributed by atoms with Crippen LogP contribution in [0, 0.1) is 5.92 Å². The van der Waals surface area contributed by atoms with E-state index in [4.69, 9.17) is 16.6 Å². The molecule has 12 heteroatoms. The van der Waals surface area contributed by atoms with E-state index >= 15 is 0 Å². The molecule has 4 amide bonds. The van der Waals surface area contributed by atoms with E-state index < -0.39 is 66.3 Å². The molecule has 0 bridgehead atoms. The fourth-order valence-electron chi connectivity index (χ4n) is 2.15. The molecule has 0 saturated heterocycles. The predicted octanol–water partition coefficient (Wildman–Crippen LogP) is -3.21. The summed E-state index contributed by atoms with van der Waals surface area (Å²) in [7, 11) is 0. The van der Waals surface area contributed by atoms with E-state index in [0.717, 1.165) is 0 Å². The van der Waals surface area contributed by atoms with Crippen molar-refractivity contribution in [2.45, 2.75) is 57.8 Å². The van der Waals surface area contributed by atoms with Crippen molar-refractivity contribution in [2.24, 2.45) is 17.4 Å². The molecule has 0 fully saturated rings. The van der Waals surface area contributed by atoms with Gasteiger partial charge in [-0.05, 0) is 19.3 Å². The van der Waals surface area contributed by atoms with Crippen LogP contribution in [0.1, 0.15) is 33.6 Å². The van der Waals surface area contributed by atoms with Crippen molar-refractivity contribution in [3.8, 4) is 0 Å². The van der Waals surface area contributed by atoms with Crippen molar-refractivity contribution in [1.82, 2.24) is 16.0 Å². The second kappa shape index (κ2) is 11.9. The number of aliphatic hydroxyl groups is 1. The van der Waals surface area contributed by atoms with Crippen LogP contribution in [0.5, 0.6) is 0 Å². The second-order valence-corrected chi connectivity index (χ2v) is 6.68. The van der Waals surface area contributed by atoms with Crippen LogP contribution in [0.4, 0.5) is 0 Å². The third-order valence-electron chi connectivity index (χ3n) is 3.76. The number of carbonyl (C=O) groups is 5. The van der Waals surface area contributed by atoms with Gasteiger partial charge >= 0.3 is 5.97 Å². The third-order valence-corrected chi connectivity index (χ3v) is 3.76. The lowest BCUT2D eigenvalue weighted by atomic mass is 10.0. The Bertz CT molecular complexity index is 594. The third kappa shape index (κ3) is 9.28. The Morgan fingerprint density at radius 2 is 1.46 bits per heavy atom.